The Morgan fingerprint density at radius 2 is 1.88 bits per heavy atom. The molecular weight excluding hydrogens is 218 g/mol. The van der Waals surface area contributed by atoms with Crippen molar-refractivity contribution in [2.75, 3.05) is 0 Å². The van der Waals surface area contributed by atoms with Gasteiger partial charge in [0.2, 0.25) is 5.91 Å². The van der Waals surface area contributed by atoms with Crippen LogP contribution in [0, 0.1) is 0 Å². The van der Waals surface area contributed by atoms with Crippen molar-refractivity contribution >= 4 is 11.9 Å². The Hall–Kier alpha value is -1.22. The van der Waals surface area contributed by atoms with Gasteiger partial charge in [-0.15, -0.1) is 0 Å². The molecule has 0 aromatic rings. The van der Waals surface area contributed by atoms with Crippen LogP contribution in [0.3, 0.4) is 0 Å². The summed E-state index contributed by atoms with van der Waals surface area (Å²) >= 11 is 0. The van der Waals surface area contributed by atoms with Gasteiger partial charge in [0.05, 0.1) is 12.3 Å². The number of aliphatic carboxylic acids is 1. The summed E-state index contributed by atoms with van der Waals surface area (Å²) in [7, 11) is 0. The Bertz CT molecular complexity index is 256. The number of amides is 1. The first-order valence-electron chi connectivity index (χ1n) is 4.70. The lowest BCUT2D eigenvalue weighted by Crippen LogP contribution is -2.49. The number of carbonyl (C=O) groups is 2. The molecule has 0 rings (SSSR count). The number of nitrogens with two attached hydrogens (primary N) is 2. The number of carboxylic acids is 1. The molecule has 0 aliphatic heterocycles. The molecule has 0 fully saturated rings. The van der Waals surface area contributed by atoms with Gasteiger partial charge in [0.25, 0.3) is 0 Å². The standard InChI is InChI=1S/C8H17N3O5/c1-4(12)7(8(14)15)11(16)6(13)3-2-5(9)10/h4-5,7,12,16H,2-3,9-10H2,1H3,(H,14,15). The van der Waals surface area contributed by atoms with E-state index in [1.165, 1.54) is 0 Å². The van der Waals surface area contributed by atoms with Gasteiger partial charge in [0.15, 0.2) is 6.04 Å². The molecule has 94 valence electrons. The van der Waals surface area contributed by atoms with Crippen molar-refractivity contribution in [3.8, 4) is 0 Å². The summed E-state index contributed by atoms with van der Waals surface area (Å²) in [5.74, 6) is -2.35. The van der Waals surface area contributed by atoms with E-state index in [1.54, 1.807) is 0 Å². The number of hydrogen-bond donors (Lipinski definition) is 5. The van der Waals surface area contributed by atoms with Gasteiger partial charge in [-0.2, -0.15) is 0 Å². The van der Waals surface area contributed by atoms with Crippen LogP contribution in [0.1, 0.15) is 19.8 Å². The van der Waals surface area contributed by atoms with Crippen LogP contribution in [0.2, 0.25) is 0 Å². The number of carboxylic acid groups (broad SMARTS) is 1. The molecule has 0 spiro atoms. The highest BCUT2D eigenvalue weighted by atomic mass is 16.5. The maximum atomic E-state index is 11.3. The molecule has 7 N–H and O–H groups in total. The molecule has 0 bridgehead atoms. The zero-order valence-electron chi connectivity index (χ0n) is 8.91. The number of nitrogens with zero attached hydrogens (tertiary/aromatic N) is 1. The van der Waals surface area contributed by atoms with Crippen molar-refractivity contribution < 1.29 is 25.0 Å². The molecule has 2 unspecified atom stereocenters. The predicted octanol–water partition coefficient (Wildman–Crippen LogP) is -1.94. The number of rotatable bonds is 6. The van der Waals surface area contributed by atoms with E-state index in [1.807, 2.05) is 0 Å². The van der Waals surface area contributed by atoms with Gasteiger partial charge in [0, 0.05) is 6.42 Å². The molecule has 0 aromatic carbocycles. The summed E-state index contributed by atoms with van der Waals surface area (Å²) < 4.78 is 0. The molecule has 16 heavy (non-hydrogen) atoms. The van der Waals surface area contributed by atoms with E-state index in [4.69, 9.17) is 21.7 Å². The van der Waals surface area contributed by atoms with Crippen molar-refractivity contribution in [1.29, 1.82) is 0 Å². The lowest BCUT2D eigenvalue weighted by molar-refractivity contribution is -0.194. The fourth-order valence-corrected chi connectivity index (χ4v) is 1.08. The minimum atomic E-state index is -1.69. The molecule has 0 saturated heterocycles. The summed E-state index contributed by atoms with van der Waals surface area (Å²) in [4.78, 5) is 21.9. The summed E-state index contributed by atoms with van der Waals surface area (Å²) in [5, 5.41) is 27.1. The van der Waals surface area contributed by atoms with Crippen molar-refractivity contribution in [1.82, 2.24) is 5.06 Å². The Balaban J connectivity index is 4.44. The van der Waals surface area contributed by atoms with Gasteiger partial charge < -0.3 is 21.7 Å². The van der Waals surface area contributed by atoms with Gasteiger partial charge in [-0.3, -0.25) is 10.0 Å². The van der Waals surface area contributed by atoms with Crippen LogP contribution in [-0.2, 0) is 9.59 Å². The minimum Gasteiger partial charge on any atom is -0.480 e. The van der Waals surface area contributed by atoms with Gasteiger partial charge in [-0.1, -0.05) is 0 Å². The molecule has 1 amide bonds. The molecular formula is C8H17N3O5. The Labute approximate surface area is 92.4 Å². The molecule has 0 aliphatic rings. The van der Waals surface area contributed by atoms with Gasteiger partial charge in [0.1, 0.15) is 0 Å². The summed E-state index contributed by atoms with van der Waals surface area (Å²) in [5.41, 5.74) is 10.4. The van der Waals surface area contributed by atoms with Crippen molar-refractivity contribution in [2.45, 2.75) is 38.1 Å². The maximum Gasteiger partial charge on any atom is 0.331 e. The second kappa shape index (κ2) is 6.38. The smallest absolute Gasteiger partial charge is 0.331 e. The molecule has 0 aromatic heterocycles. The summed E-state index contributed by atoms with van der Waals surface area (Å²) in [6, 6.07) is -1.69. The molecule has 8 nitrogen and oxygen atoms in total. The Kier molecular flexibility index (Phi) is 5.89. The van der Waals surface area contributed by atoms with Crippen LogP contribution in [-0.4, -0.2) is 50.7 Å². The Morgan fingerprint density at radius 1 is 1.38 bits per heavy atom. The van der Waals surface area contributed by atoms with Crippen molar-refractivity contribution in [2.24, 2.45) is 11.5 Å². The first-order chi connectivity index (χ1) is 7.27. The lowest BCUT2D eigenvalue weighted by Gasteiger charge is -2.24. The highest BCUT2D eigenvalue weighted by Gasteiger charge is 2.32. The number of carbonyl (C=O) groups excluding carboxylic acids is 1. The van der Waals surface area contributed by atoms with Gasteiger partial charge in [-0.05, 0) is 13.3 Å². The third-order valence-electron chi connectivity index (χ3n) is 1.92. The maximum absolute atomic E-state index is 11.3. The third-order valence-corrected chi connectivity index (χ3v) is 1.92. The van der Waals surface area contributed by atoms with E-state index in [-0.39, 0.29) is 17.9 Å². The van der Waals surface area contributed by atoms with Crippen molar-refractivity contribution in [3.63, 3.8) is 0 Å². The zero-order chi connectivity index (χ0) is 12.9. The van der Waals surface area contributed by atoms with Crippen LogP contribution in [0.15, 0.2) is 0 Å². The fraction of sp³-hybridized carbons (Fsp3) is 0.750. The first-order valence-corrected chi connectivity index (χ1v) is 4.70. The van der Waals surface area contributed by atoms with Crippen molar-refractivity contribution in [3.05, 3.63) is 0 Å². The monoisotopic (exact) mass is 235 g/mol. The van der Waals surface area contributed by atoms with Crippen LogP contribution < -0.4 is 11.5 Å². The number of aliphatic hydroxyl groups is 1. The highest BCUT2D eigenvalue weighted by Crippen LogP contribution is 2.06. The quantitative estimate of drug-likeness (QED) is 0.204. The van der Waals surface area contributed by atoms with Crippen LogP contribution in [0.25, 0.3) is 0 Å². The molecule has 2 atom stereocenters. The molecule has 0 aliphatic carbocycles. The lowest BCUT2D eigenvalue weighted by atomic mass is 10.1. The minimum absolute atomic E-state index is 0.00458. The van der Waals surface area contributed by atoms with Crippen LogP contribution in [0.4, 0.5) is 0 Å². The number of hydrogen-bond acceptors (Lipinski definition) is 6. The topological polar surface area (TPSA) is 150 Å². The second-order valence-electron chi connectivity index (χ2n) is 3.46. The average molecular weight is 235 g/mol. The van der Waals surface area contributed by atoms with E-state index in [0.717, 1.165) is 6.92 Å². The second-order valence-corrected chi connectivity index (χ2v) is 3.46. The van der Waals surface area contributed by atoms with Crippen LogP contribution in [0.5, 0.6) is 0 Å². The van der Waals surface area contributed by atoms with E-state index in [9.17, 15) is 14.8 Å². The molecule has 0 heterocycles. The average Bonchev–Trinajstić information content (AvgIpc) is 2.12. The van der Waals surface area contributed by atoms with Crippen LogP contribution >= 0.6 is 0 Å². The summed E-state index contributed by atoms with van der Waals surface area (Å²) in [6.07, 6.45) is -2.18. The predicted molar refractivity (Wildman–Crippen MR) is 53.1 cm³/mol. The molecule has 0 radical (unpaired) electrons. The van der Waals surface area contributed by atoms with E-state index >= 15 is 0 Å². The SMILES string of the molecule is CC(O)C(C(=O)O)N(O)C(=O)CCC(N)N. The molecule has 8 heteroatoms. The van der Waals surface area contributed by atoms with E-state index in [2.05, 4.69) is 0 Å². The fourth-order valence-electron chi connectivity index (χ4n) is 1.08. The normalized spacial score (nSPS) is 14.6. The zero-order valence-corrected chi connectivity index (χ0v) is 8.91. The molecule has 0 saturated carbocycles. The third kappa shape index (κ3) is 4.53. The first kappa shape index (κ1) is 14.8. The van der Waals surface area contributed by atoms with E-state index in [0.29, 0.717) is 0 Å². The highest BCUT2D eigenvalue weighted by molar-refractivity contribution is 5.83. The number of aliphatic hydroxyl groups excluding tert-OH is 1. The largest absolute Gasteiger partial charge is 0.480 e. The number of hydroxylamine groups is 2. The van der Waals surface area contributed by atoms with Gasteiger partial charge >= 0.3 is 5.97 Å². The summed E-state index contributed by atoms with van der Waals surface area (Å²) in [6.45, 7) is 1.16. The van der Waals surface area contributed by atoms with E-state index < -0.39 is 30.2 Å². The Morgan fingerprint density at radius 3 is 2.19 bits per heavy atom. The van der Waals surface area contributed by atoms with Gasteiger partial charge in [-0.25, -0.2) is 9.86 Å².